The maximum Gasteiger partial charge on any atom is 0.354 e. The molecule has 0 aliphatic rings. The predicted octanol–water partition coefficient (Wildman–Crippen LogP) is -2.40. The Labute approximate surface area is 103 Å². The number of carbonyl (C=O) groups excluding carboxylic acids is 1. The number of hydrogen-bond donors (Lipinski definition) is 4. The summed E-state index contributed by atoms with van der Waals surface area (Å²) in [6.45, 7) is -0.644. The van der Waals surface area contributed by atoms with Crippen molar-refractivity contribution in [1.82, 2.24) is 9.80 Å². The van der Waals surface area contributed by atoms with Crippen molar-refractivity contribution in [3.05, 3.63) is 0 Å². The van der Waals surface area contributed by atoms with E-state index >= 15 is 0 Å². The van der Waals surface area contributed by atoms with E-state index in [1.165, 1.54) is 14.1 Å². The molecule has 0 spiro atoms. The molecule has 102 valence electrons. The van der Waals surface area contributed by atoms with Crippen molar-refractivity contribution in [3.63, 3.8) is 0 Å². The van der Waals surface area contributed by atoms with Crippen LogP contribution >= 0.6 is 0 Å². The first kappa shape index (κ1) is 15.5. The van der Waals surface area contributed by atoms with Gasteiger partial charge in [0.25, 0.3) is 0 Å². The standard InChI is InChI=1S/C8H16N6O4/c1-13(7(9)10)4-6(17)18-12-8(11)14(2)3-5(15)16/h3-4H2,1-2H3,(H3,9,10)(H2,11,12)(H,15,16). The molecule has 0 bridgehead atoms. The van der Waals surface area contributed by atoms with Crippen LogP contribution in [-0.4, -0.2) is 65.9 Å². The van der Waals surface area contributed by atoms with Gasteiger partial charge in [-0.3, -0.25) is 10.2 Å². The number of hydrogen-bond acceptors (Lipinski definition) is 5. The molecule has 18 heavy (non-hydrogen) atoms. The van der Waals surface area contributed by atoms with Crippen LogP contribution in [-0.2, 0) is 14.4 Å². The van der Waals surface area contributed by atoms with Crippen molar-refractivity contribution in [2.45, 2.75) is 0 Å². The van der Waals surface area contributed by atoms with Crippen LogP contribution in [0.15, 0.2) is 5.16 Å². The van der Waals surface area contributed by atoms with Gasteiger partial charge >= 0.3 is 11.9 Å². The summed E-state index contributed by atoms with van der Waals surface area (Å²) in [7, 11) is 2.80. The Morgan fingerprint density at radius 3 is 2.28 bits per heavy atom. The molecule has 0 radical (unpaired) electrons. The molecule has 0 amide bonds. The fourth-order valence-electron chi connectivity index (χ4n) is 0.759. The maximum absolute atomic E-state index is 11.2. The summed E-state index contributed by atoms with van der Waals surface area (Å²) in [6.07, 6.45) is 0. The first-order valence-electron chi connectivity index (χ1n) is 4.75. The van der Waals surface area contributed by atoms with Gasteiger partial charge in [0, 0.05) is 14.1 Å². The van der Waals surface area contributed by atoms with Crippen LogP contribution in [0.25, 0.3) is 0 Å². The molecule has 0 atom stereocenters. The summed E-state index contributed by atoms with van der Waals surface area (Å²) in [5, 5.41) is 18.8. The highest BCUT2D eigenvalue weighted by Gasteiger charge is 2.11. The average Bonchev–Trinajstić information content (AvgIpc) is 2.24. The van der Waals surface area contributed by atoms with Crippen molar-refractivity contribution in [3.8, 4) is 0 Å². The molecule has 10 nitrogen and oxygen atoms in total. The van der Waals surface area contributed by atoms with Crippen LogP contribution in [0, 0.1) is 5.41 Å². The molecule has 0 aromatic heterocycles. The topological polar surface area (TPSA) is 158 Å². The zero-order valence-corrected chi connectivity index (χ0v) is 10.1. The van der Waals surface area contributed by atoms with Gasteiger partial charge in [-0.25, -0.2) is 4.79 Å². The summed E-state index contributed by atoms with van der Waals surface area (Å²) in [5.74, 6) is -2.43. The summed E-state index contributed by atoms with van der Waals surface area (Å²) in [5.41, 5.74) is 10.5. The molecule has 0 rings (SSSR count). The summed E-state index contributed by atoms with van der Waals surface area (Å²) < 4.78 is 0. The lowest BCUT2D eigenvalue weighted by Crippen LogP contribution is -2.39. The summed E-state index contributed by atoms with van der Waals surface area (Å²) >= 11 is 0. The van der Waals surface area contributed by atoms with Gasteiger partial charge in [-0.05, 0) is 5.16 Å². The lowest BCUT2D eigenvalue weighted by atomic mass is 10.6. The lowest BCUT2D eigenvalue weighted by molar-refractivity contribution is -0.143. The minimum Gasteiger partial charge on any atom is -0.480 e. The van der Waals surface area contributed by atoms with Gasteiger partial charge in [-0.1, -0.05) is 0 Å². The van der Waals surface area contributed by atoms with Gasteiger partial charge in [0.15, 0.2) is 5.96 Å². The summed E-state index contributed by atoms with van der Waals surface area (Å²) in [6, 6.07) is 0. The van der Waals surface area contributed by atoms with Crippen molar-refractivity contribution in [2.75, 3.05) is 27.2 Å². The molecule has 0 fully saturated rings. The Balaban J connectivity index is 4.24. The number of carbonyl (C=O) groups is 2. The van der Waals surface area contributed by atoms with Crippen molar-refractivity contribution in [2.24, 2.45) is 16.6 Å². The third-order valence-corrected chi connectivity index (χ3v) is 1.78. The zero-order valence-electron chi connectivity index (χ0n) is 10.1. The van der Waals surface area contributed by atoms with Crippen molar-refractivity contribution in [1.29, 1.82) is 5.41 Å². The Bertz CT molecular complexity index is 369. The van der Waals surface area contributed by atoms with Crippen LogP contribution in [0.3, 0.4) is 0 Å². The van der Waals surface area contributed by atoms with Crippen LogP contribution in [0.5, 0.6) is 0 Å². The lowest BCUT2D eigenvalue weighted by Gasteiger charge is -2.15. The smallest absolute Gasteiger partial charge is 0.354 e. The van der Waals surface area contributed by atoms with E-state index in [1.54, 1.807) is 0 Å². The number of carboxylic acids is 1. The van der Waals surface area contributed by atoms with E-state index in [-0.39, 0.29) is 25.0 Å². The monoisotopic (exact) mass is 260 g/mol. The summed E-state index contributed by atoms with van der Waals surface area (Å²) in [4.78, 5) is 28.2. The van der Waals surface area contributed by atoms with Gasteiger partial charge in [-0.2, -0.15) is 0 Å². The van der Waals surface area contributed by atoms with Crippen LogP contribution in [0.4, 0.5) is 0 Å². The second kappa shape index (κ2) is 6.93. The van der Waals surface area contributed by atoms with Crippen LogP contribution in [0.2, 0.25) is 0 Å². The number of oxime groups is 1. The number of nitrogens with one attached hydrogen (secondary N) is 1. The van der Waals surface area contributed by atoms with E-state index in [2.05, 4.69) is 9.99 Å². The molecule has 0 saturated carbocycles. The maximum atomic E-state index is 11.2. The number of carboxylic acid groups (broad SMARTS) is 1. The Morgan fingerprint density at radius 2 is 1.83 bits per heavy atom. The van der Waals surface area contributed by atoms with Crippen molar-refractivity contribution >= 4 is 23.9 Å². The Hall–Kier alpha value is -2.52. The number of aliphatic carboxylic acids is 1. The molecule has 0 aromatic carbocycles. The van der Waals surface area contributed by atoms with Crippen LogP contribution in [0.1, 0.15) is 0 Å². The molecule has 0 saturated heterocycles. The molecule has 0 unspecified atom stereocenters. The quantitative estimate of drug-likeness (QED) is 0.184. The highest BCUT2D eigenvalue weighted by molar-refractivity contribution is 5.84. The van der Waals surface area contributed by atoms with Gasteiger partial charge in [-0.15, -0.1) is 0 Å². The van der Waals surface area contributed by atoms with E-state index < -0.39 is 11.9 Å². The van der Waals surface area contributed by atoms with E-state index in [9.17, 15) is 9.59 Å². The minimum atomic E-state index is -1.10. The number of nitrogens with two attached hydrogens (primary N) is 2. The van der Waals surface area contributed by atoms with E-state index in [1.807, 2.05) is 0 Å². The molecular weight excluding hydrogens is 244 g/mol. The van der Waals surface area contributed by atoms with Gasteiger partial charge in [0.2, 0.25) is 5.96 Å². The van der Waals surface area contributed by atoms with Gasteiger partial charge < -0.3 is 31.2 Å². The third-order valence-electron chi connectivity index (χ3n) is 1.78. The number of guanidine groups is 2. The molecular formula is C8H16N6O4. The first-order chi connectivity index (χ1) is 8.23. The van der Waals surface area contributed by atoms with Crippen LogP contribution < -0.4 is 11.5 Å². The SMILES string of the molecule is CN(CC(=O)O/N=C(\N)N(C)CC(=O)O)C(=N)N. The fourth-order valence-corrected chi connectivity index (χ4v) is 0.759. The highest BCUT2D eigenvalue weighted by Crippen LogP contribution is 1.88. The largest absolute Gasteiger partial charge is 0.480 e. The normalized spacial score (nSPS) is 10.7. The molecule has 6 N–H and O–H groups in total. The number of nitrogens with zero attached hydrogens (tertiary/aromatic N) is 3. The second-order valence-corrected chi connectivity index (χ2v) is 3.40. The average molecular weight is 260 g/mol. The zero-order chi connectivity index (χ0) is 14.3. The third kappa shape index (κ3) is 6.15. The van der Waals surface area contributed by atoms with E-state index in [0.717, 1.165) is 9.80 Å². The highest BCUT2D eigenvalue weighted by atomic mass is 16.7. The molecule has 10 heteroatoms. The molecule has 0 aliphatic heterocycles. The fraction of sp³-hybridized carbons (Fsp3) is 0.500. The molecule has 0 aliphatic carbocycles. The second-order valence-electron chi connectivity index (χ2n) is 3.40. The minimum absolute atomic E-state index is 0.253. The van der Waals surface area contributed by atoms with Gasteiger partial charge in [0.1, 0.15) is 13.1 Å². The van der Waals surface area contributed by atoms with Crippen molar-refractivity contribution < 1.29 is 19.5 Å². The van der Waals surface area contributed by atoms with E-state index in [4.69, 9.17) is 22.0 Å². The predicted molar refractivity (Wildman–Crippen MR) is 62.5 cm³/mol. The Kier molecular flexibility index (Phi) is 5.96. The molecule has 0 aromatic rings. The Morgan fingerprint density at radius 1 is 1.28 bits per heavy atom. The van der Waals surface area contributed by atoms with E-state index in [0.29, 0.717) is 0 Å². The number of rotatable bonds is 5. The molecule has 0 heterocycles. The van der Waals surface area contributed by atoms with Gasteiger partial charge in [0.05, 0.1) is 0 Å². The number of likely N-dealkylation sites (N-methyl/N-ethyl adjacent to an activating group) is 2. The first-order valence-corrected chi connectivity index (χ1v) is 4.75.